The van der Waals surface area contributed by atoms with E-state index in [0.717, 1.165) is 5.69 Å². The Balaban J connectivity index is 2.52. The van der Waals surface area contributed by atoms with Crippen LogP contribution in [0.2, 0.25) is 0 Å². The van der Waals surface area contributed by atoms with Crippen molar-refractivity contribution in [3.05, 3.63) is 29.8 Å². The van der Waals surface area contributed by atoms with Crippen molar-refractivity contribution in [1.82, 2.24) is 4.72 Å². The molecule has 0 heterocycles. The number of nitrogens with one attached hydrogen (secondary N) is 2. The fourth-order valence-electron chi connectivity index (χ4n) is 0.972. The van der Waals surface area contributed by atoms with Gasteiger partial charge in [0.1, 0.15) is 0 Å². The Bertz CT molecular complexity index is 308. The van der Waals surface area contributed by atoms with Crippen molar-refractivity contribution in [1.29, 1.82) is 0 Å². The summed E-state index contributed by atoms with van der Waals surface area (Å²) in [5.41, 5.74) is 2.06. The van der Waals surface area contributed by atoms with Crippen LogP contribution in [-0.2, 0) is 11.2 Å². The summed E-state index contributed by atoms with van der Waals surface area (Å²) in [5, 5.41) is 0. The molecule has 0 aliphatic heterocycles. The first-order chi connectivity index (χ1) is 6.58. The van der Waals surface area contributed by atoms with Crippen LogP contribution in [0.1, 0.15) is 19.4 Å². The van der Waals surface area contributed by atoms with Crippen LogP contribution in [0.5, 0.6) is 0 Å². The van der Waals surface area contributed by atoms with Crippen molar-refractivity contribution in [2.75, 3.05) is 4.72 Å². The highest BCUT2D eigenvalue weighted by atomic mass is 32.2. The van der Waals surface area contributed by atoms with E-state index < -0.39 is 11.2 Å². The number of anilines is 1. The lowest BCUT2D eigenvalue weighted by atomic mass is 10.2. The molecular formula is C10H16N2OS. The first-order valence-electron chi connectivity index (χ1n) is 4.59. The molecule has 0 fully saturated rings. The van der Waals surface area contributed by atoms with Gasteiger partial charge in [0.05, 0.1) is 0 Å². The van der Waals surface area contributed by atoms with Gasteiger partial charge >= 0.3 is 0 Å². The first kappa shape index (κ1) is 11.2. The van der Waals surface area contributed by atoms with Gasteiger partial charge in [-0.25, -0.2) is 8.93 Å². The predicted molar refractivity (Wildman–Crippen MR) is 61.2 cm³/mol. The molecule has 0 aliphatic rings. The van der Waals surface area contributed by atoms with E-state index >= 15 is 0 Å². The Hall–Kier alpha value is -0.870. The molecule has 2 N–H and O–H groups in total. The van der Waals surface area contributed by atoms with Crippen molar-refractivity contribution < 1.29 is 4.21 Å². The molecule has 0 aliphatic carbocycles. The second-order valence-electron chi connectivity index (χ2n) is 3.51. The average Bonchev–Trinajstić information content (AvgIpc) is 2.07. The summed E-state index contributed by atoms with van der Waals surface area (Å²) in [5.74, 6) is 0. The summed E-state index contributed by atoms with van der Waals surface area (Å²) in [6.07, 6.45) is 0. The maximum absolute atomic E-state index is 11.4. The van der Waals surface area contributed by atoms with Gasteiger partial charge in [0.15, 0.2) is 11.2 Å². The molecule has 0 saturated carbocycles. The number of aryl methyl sites for hydroxylation is 1. The minimum atomic E-state index is -1.21. The smallest absolute Gasteiger partial charge is 0.193 e. The summed E-state index contributed by atoms with van der Waals surface area (Å²) >= 11 is -1.21. The average molecular weight is 212 g/mol. The third kappa shape index (κ3) is 3.89. The molecule has 0 spiro atoms. The van der Waals surface area contributed by atoms with E-state index in [-0.39, 0.29) is 6.04 Å². The Morgan fingerprint density at radius 2 is 1.79 bits per heavy atom. The molecule has 3 nitrogen and oxygen atoms in total. The van der Waals surface area contributed by atoms with Crippen LogP contribution < -0.4 is 9.44 Å². The number of hydrogen-bond donors (Lipinski definition) is 2. The number of rotatable bonds is 4. The van der Waals surface area contributed by atoms with Crippen LogP contribution in [0.4, 0.5) is 5.69 Å². The van der Waals surface area contributed by atoms with Crippen LogP contribution in [0, 0.1) is 6.92 Å². The molecule has 0 saturated heterocycles. The van der Waals surface area contributed by atoms with Crippen LogP contribution in [0.25, 0.3) is 0 Å². The molecule has 1 rings (SSSR count). The summed E-state index contributed by atoms with van der Waals surface area (Å²) in [7, 11) is 0. The number of benzene rings is 1. The van der Waals surface area contributed by atoms with Gasteiger partial charge in [0.2, 0.25) is 0 Å². The second-order valence-corrected chi connectivity index (χ2v) is 4.49. The second kappa shape index (κ2) is 5.12. The van der Waals surface area contributed by atoms with Gasteiger partial charge in [0.25, 0.3) is 0 Å². The van der Waals surface area contributed by atoms with Crippen molar-refractivity contribution in [3.8, 4) is 0 Å². The van der Waals surface area contributed by atoms with Gasteiger partial charge in [-0.3, -0.25) is 4.72 Å². The zero-order valence-corrected chi connectivity index (χ0v) is 9.52. The molecule has 1 unspecified atom stereocenters. The Kier molecular flexibility index (Phi) is 4.10. The third-order valence-electron chi connectivity index (χ3n) is 1.60. The quantitative estimate of drug-likeness (QED) is 0.787. The molecule has 0 amide bonds. The van der Waals surface area contributed by atoms with Gasteiger partial charge in [-0.15, -0.1) is 0 Å². The molecule has 14 heavy (non-hydrogen) atoms. The lowest BCUT2D eigenvalue weighted by Crippen LogP contribution is -2.29. The minimum Gasteiger partial charge on any atom is -0.292 e. The lowest BCUT2D eigenvalue weighted by Gasteiger charge is -2.09. The van der Waals surface area contributed by atoms with Gasteiger partial charge in [0, 0.05) is 11.7 Å². The van der Waals surface area contributed by atoms with Gasteiger partial charge < -0.3 is 0 Å². The first-order valence-corrected chi connectivity index (χ1v) is 5.74. The highest BCUT2D eigenvalue weighted by Gasteiger charge is 2.00. The maximum atomic E-state index is 11.4. The van der Waals surface area contributed by atoms with Crippen LogP contribution in [0.15, 0.2) is 24.3 Å². The van der Waals surface area contributed by atoms with Crippen molar-refractivity contribution in [2.24, 2.45) is 0 Å². The highest BCUT2D eigenvalue weighted by molar-refractivity contribution is 7.84. The molecule has 0 radical (unpaired) electrons. The molecule has 78 valence electrons. The van der Waals surface area contributed by atoms with E-state index in [2.05, 4.69) is 9.44 Å². The molecule has 0 bridgehead atoms. The molecule has 1 atom stereocenters. The number of hydrogen-bond acceptors (Lipinski definition) is 1. The normalized spacial score (nSPS) is 12.9. The van der Waals surface area contributed by atoms with E-state index in [4.69, 9.17) is 0 Å². The SMILES string of the molecule is Cc1ccc(NS(=O)NC(C)C)cc1. The summed E-state index contributed by atoms with van der Waals surface area (Å²) in [4.78, 5) is 0. The van der Waals surface area contributed by atoms with Crippen LogP contribution in [0.3, 0.4) is 0 Å². The fourth-order valence-corrected chi connectivity index (χ4v) is 1.81. The van der Waals surface area contributed by atoms with E-state index in [1.807, 2.05) is 45.0 Å². The lowest BCUT2D eigenvalue weighted by molar-refractivity contribution is 0.660. The van der Waals surface area contributed by atoms with Gasteiger partial charge in [-0.1, -0.05) is 17.7 Å². The van der Waals surface area contributed by atoms with Gasteiger partial charge in [-0.2, -0.15) is 0 Å². The Morgan fingerprint density at radius 3 is 2.29 bits per heavy atom. The van der Waals surface area contributed by atoms with Crippen molar-refractivity contribution in [3.63, 3.8) is 0 Å². The zero-order valence-electron chi connectivity index (χ0n) is 8.70. The van der Waals surface area contributed by atoms with E-state index in [1.165, 1.54) is 5.56 Å². The minimum absolute atomic E-state index is 0.203. The van der Waals surface area contributed by atoms with E-state index in [1.54, 1.807) is 0 Å². The summed E-state index contributed by atoms with van der Waals surface area (Å²) < 4.78 is 17.1. The van der Waals surface area contributed by atoms with E-state index in [0.29, 0.717) is 0 Å². The zero-order chi connectivity index (χ0) is 10.6. The highest BCUT2D eigenvalue weighted by Crippen LogP contribution is 2.08. The third-order valence-corrected chi connectivity index (χ3v) is 2.71. The van der Waals surface area contributed by atoms with Crippen molar-refractivity contribution in [2.45, 2.75) is 26.8 Å². The molecular weight excluding hydrogens is 196 g/mol. The van der Waals surface area contributed by atoms with E-state index in [9.17, 15) is 4.21 Å². The molecule has 4 heteroatoms. The Morgan fingerprint density at radius 1 is 1.21 bits per heavy atom. The molecule has 0 aromatic heterocycles. The van der Waals surface area contributed by atoms with Crippen LogP contribution >= 0.6 is 0 Å². The Labute approximate surface area is 87.6 Å². The monoisotopic (exact) mass is 212 g/mol. The molecule has 1 aromatic rings. The molecule has 1 aromatic carbocycles. The fraction of sp³-hybridized carbons (Fsp3) is 0.400. The van der Waals surface area contributed by atoms with Gasteiger partial charge in [-0.05, 0) is 32.9 Å². The largest absolute Gasteiger partial charge is 0.292 e. The van der Waals surface area contributed by atoms with Crippen molar-refractivity contribution >= 4 is 16.9 Å². The summed E-state index contributed by atoms with van der Waals surface area (Å²) in [6.45, 7) is 5.93. The standard InChI is InChI=1S/C10H16N2OS/c1-8(2)11-14(13)12-10-6-4-9(3)5-7-10/h4-8,11-12H,1-3H3. The topological polar surface area (TPSA) is 41.1 Å². The predicted octanol–water partition coefficient (Wildman–Crippen LogP) is 1.98. The van der Waals surface area contributed by atoms with Crippen LogP contribution in [-0.4, -0.2) is 10.3 Å². The maximum Gasteiger partial charge on any atom is 0.193 e. The summed E-state index contributed by atoms with van der Waals surface area (Å²) in [6, 6.07) is 7.99.